The van der Waals surface area contributed by atoms with E-state index in [1.165, 1.54) is 6.20 Å². The number of benzene rings is 2. The Morgan fingerprint density at radius 2 is 1.38 bits per heavy atom. The van der Waals surface area contributed by atoms with E-state index in [1.807, 2.05) is 62.3 Å². The molecule has 2 N–H and O–H groups in total. The summed E-state index contributed by atoms with van der Waals surface area (Å²) in [6.07, 6.45) is 7.29. The summed E-state index contributed by atoms with van der Waals surface area (Å²) >= 11 is 5.74. The quantitative estimate of drug-likeness (QED) is 0.149. The second-order valence-electron chi connectivity index (χ2n) is 10.4. The largest absolute Gasteiger partial charge is 0.304 e. The molecule has 0 atom stereocenters. The number of sulfonamides is 2. The van der Waals surface area contributed by atoms with Crippen LogP contribution in [-0.2, 0) is 38.8 Å². The summed E-state index contributed by atoms with van der Waals surface area (Å²) in [5.74, 6) is 1.59. The van der Waals surface area contributed by atoms with Crippen molar-refractivity contribution in [2.75, 3.05) is 29.3 Å². The number of nitrogens with zero attached hydrogens (tertiary/aromatic N) is 4. The number of halogens is 1. The number of aromatic nitrogens is 3. The average molecular weight is 665 g/mol. The van der Waals surface area contributed by atoms with Crippen LogP contribution in [0.25, 0.3) is 21.8 Å². The summed E-state index contributed by atoms with van der Waals surface area (Å²) in [5.41, 5.74) is 4.54. The molecule has 0 bridgehead atoms. The van der Waals surface area contributed by atoms with Gasteiger partial charge in [0.25, 0.3) is 0 Å². The van der Waals surface area contributed by atoms with Crippen molar-refractivity contribution in [1.29, 1.82) is 0 Å². The number of para-hydroxylation sites is 2. The number of fused-ring (bicyclic) bond motifs is 2. The second-order valence-corrected chi connectivity index (χ2v) is 14.2. The van der Waals surface area contributed by atoms with Crippen LogP contribution in [0, 0.1) is 12.3 Å². The van der Waals surface area contributed by atoms with Crippen LogP contribution in [0.15, 0.2) is 79.0 Å². The van der Waals surface area contributed by atoms with Crippen molar-refractivity contribution in [2.24, 2.45) is 0 Å². The lowest BCUT2D eigenvalue weighted by molar-refractivity contribution is 0.397. The predicted molar refractivity (Wildman–Crippen MR) is 182 cm³/mol. The zero-order valence-corrected chi connectivity index (χ0v) is 27.4. The maximum absolute atomic E-state index is 12.6. The highest BCUT2D eigenvalue weighted by Gasteiger charge is 2.15. The lowest BCUT2D eigenvalue weighted by Crippen LogP contribution is -2.16. The number of rotatable bonds is 10. The van der Waals surface area contributed by atoms with Gasteiger partial charge in [-0.05, 0) is 56.4 Å². The Balaban J connectivity index is 0.000000215. The summed E-state index contributed by atoms with van der Waals surface area (Å²) in [7, 11) is -3.22. The molecule has 5 aromatic rings. The van der Waals surface area contributed by atoms with E-state index in [0.29, 0.717) is 39.7 Å². The molecular weight excluding hydrogens is 632 g/mol. The topological polar surface area (TPSA) is 134 Å². The third kappa shape index (κ3) is 9.60. The molecule has 0 aliphatic rings. The van der Waals surface area contributed by atoms with Crippen molar-refractivity contribution in [1.82, 2.24) is 19.9 Å². The van der Waals surface area contributed by atoms with Gasteiger partial charge in [0, 0.05) is 29.2 Å². The van der Waals surface area contributed by atoms with Crippen molar-refractivity contribution in [2.45, 2.75) is 25.6 Å². The molecule has 0 fully saturated rings. The van der Waals surface area contributed by atoms with Crippen molar-refractivity contribution in [3.05, 3.63) is 101 Å². The minimum Gasteiger partial charge on any atom is -0.304 e. The van der Waals surface area contributed by atoms with Crippen molar-refractivity contribution in [3.8, 4) is 12.3 Å². The Bertz CT molecular complexity index is 2060. The minimum atomic E-state index is -3.61. The zero-order chi connectivity index (χ0) is 32.6. The molecule has 2 aromatic carbocycles. The third-order valence-electron chi connectivity index (χ3n) is 6.35. The fourth-order valence-corrected chi connectivity index (χ4v) is 6.46. The fourth-order valence-electron chi connectivity index (χ4n) is 4.38. The van der Waals surface area contributed by atoms with E-state index in [1.54, 1.807) is 36.4 Å². The van der Waals surface area contributed by atoms with Gasteiger partial charge in [-0.15, -0.1) is 6.42 Å². The molecule has 3 heterocycles. The Morgan fingerprint density at radius 3 is 1.91 bits per heavy atom. The molecular formula is C32H33ClN6O4S2. The molecule has 0 amide bonds. The number of aryl methyl sites for hydroxylation is 1. The van der Waals surface area contributed by atoms with Crippen molar-refractivity contribution < 1.29 is 16.8 Å². The minimum absolute atomic E-state index is 0.190. The average Bonchev–Trinajstić information content (AvgIpc) is 2.98. The van der Waals surface area contributed by atoms with Crippen LogP contribution in [0.5, 0.6) is 0 Å². The van der Waals surface area contributed by atoms with Gasteiger partial charge in [0.15, 0.2) is 0 Å². The Labute approximate surface area is 269 Å². The second kappa shape index (κ2) is 14.7. The van der Waals surface area contributed by atoms with Crippen LogP contribution in [0.4, 0.5) is 11.4 Å². The van der Waals surface area contributed by atoms with Crippen LogP contribution in [0.3, 0.4) is 0 Å². The normalized spacial score (nSPS) is 11.6. The first-order chi connectivity index (χ1) is 21.4. The van der Waals surface area contributed by atoms with Crippen molar-refractivity contribution >= 4 is 64.8 Å². The van der Waals surface area contributed by atoms with Crippen LogP contribution in [-0.4, -0.2) is 56.5 Å². The molecule has 234 valence electrons. The lowest BCUT2D eigenvalue weighted by atomic mass is 10.1. The smallest absolute Gasteiger partial charge is 0.244 e. The number of anilines is 2. The van der Waals surface area contributed by atoms with E-state index < -0.39 is 20.0 Å². The lowest BCUT2D eigenvalue weighted by Gasteiger charge is -2.13. The number of terminal acetylenes is 1. The molecule has 13 heteroatoms. The van der Waals surface area contributed by atoms with Gasteiger partial charge in [-0.3, -0.25) is 14.4 Å². The first kappa shape index (κ1) is 33.6. The third-order valence-corrected chi connectivity index (χ3v) is 8.89. The highest BCUT2D eigenvalue weighted by atomic mass is 35.5. The van der Waals surface area contributed by atoms with Gasteiger partial charge in [-0.2, -0.15) is 0 Å². The van der Waals surface area contributed by atoms with Gasteiger partial charge in [0.05, 0.1) is 33.9 Å². The van der Waals surface area contributed by atoms with E-state index in [4.69, 9.17) is 18.0 Å². The van der Waals surface area contributed by atoms with Crippen molar-refractivity contribution in [3.63, 3.8) is 0 Å². The number of nitrogens with one attached hydrogen (secondary N) is 2. The predicted octanol–water partition coefficient (Wildman–Crippen LogP) is 5.46. The summed E-state index contributed by atoms with van der Waals surface area (Å²) in [4.78, 5) is 15.0. The molecule has 10 nitrogen and oxygen atoms in total. The first-order valence-electron chi connectivity index (χ1n) is 13.8. The van der Waals surface area contributed by atoms with E-state index in [2.05, 4.69) is 30.3 Å². The molecule has 0 saturated heterocycles. The molecule has 0 saturated carbocycles. The summed E-state index contributed by atoms with van der Waals surface area (Å²) in [6, 6.07) is 21.7. The van der Waals surface area contributed by atoms with Gasteiger partial charge in [0.2, 0.25) is 20.0 Å². The molecule has 45 heavy (non-hydrogen) atoms. The zero-order valence-electron chi connectivity index (χ0n) is 25.0. The van der Waals surface area contributed by atoms with Crippen LogP contribution in [0.1, 0.15) is 23.9 Å². The van der Waals surface area contributed by atoms with E-state index in [0.717, 1.165) is 28.6 Å². The first-order valence-corrected chi connectivity index (χ1v) is 17.5. The van der Waals surface area contributed by atoms with E-state index >= 15 is 0 Å². The van der Waals surface area contributed by atoms with E-state index in [-0.39, 0.29) is 11.5 Å². The number of hydrogen-bond acceptors (Lipinski definition) is 8. The monoisotopic (exact) mass is 664 g/mol. The van der Waals surface area contributed by atoms with E-state index in [9.17, 15) is 16.8 Å². The Hall–Kier alpha value is -4.28. The number of pyridine rings is 3. The maximum atomic E-state index is 12.6. The molecule has 0 unspecified atom stereocenters. The van der Waals surface area contributed by atoms with Gasteiger partial charge in [0.1, 0.15) is 10.9 Å². The summed E-state index contributed by atoms with van der Waals surface area (Å²) in [6.45, 7) is 2.67. The Morgan fingerprint density at radius 1 is 0.800 bits per heavy atom. The molecule has 0 radical (unpaired) electrons. The molecule has 0 aliphatic heterocycles. The molecule has 0 spiro atoms. The summed E-state index contributed by atoms with van der Waals surface area (Å²) in [5, 5.41) is 2.09. The van der Waals surface area contributed by atoms with Gasteiger partial charge < -0.3 is 4.90 Å². The SMILES string of the molecule is C#CCS(=O)(=O)Nc1cccc2ccc(CC)nc12.CN(C)Cc1ccc2cccc(NS(=O)(=O)Cc3ccc(Cl)nc3)c2n1. The highest BCUT2D eigenvalue weighted by Crippen LogP contribution is 2.25. The standard InChI is InChI=1S/C18H19ClN4O2S.C14H14N2O2S/c1-23(2)11-15-8-7-14-4-3-5-16(18(14)21-15)22-26(24,25)12-13-6-9-17(19)20-10-13;1-3-10-19(17,18)16-13-7-5-6-11-8-9-12(4-2)15-14(11)13/h3-10,22H,11-12H2,1-2H3;1,5-9,16H,4,10H2,2H3. The summed E-state index contributed by atoms with van der Waals surface area (Å²) < 4.78 is 53.7. The fraction of sp³-hybridized carbons (Fsp3) is 0.219. The van der Waals surface area contributed by atoms with Crippen LogP contribution < -0.4 is 9.44 Å². The van der Waals surface area contributed by atoms with Crippen LogP contribution in [0.2, 0.25) is 5.15 Å². The maximum Gasteiger partial charge on any atom is 0.244 e. The van der Waals surface area contributed by atoms with Gasteiger partial charge >= 0.3 is 0 Å². The van der Waals surface area contributed by atoms with Gasteiger partial charge in [-0.25, -0.2) is 26.8 Å². The highest BCUT2D eigenvalue weighted by molar-refractivity contribution is 7.93. The molecule has 5 rings (SSSR count). The van der Waals surface area contributed by atoms with Crippen LogP contribution >= 0.6 is 11.6 Å². The van der Waals surface area contributed by atoms with Gasteiger partial charge in [-0.1, -0.05) is 66.9 Å². The number of hydrogen-bond donors (Lipinski definition) is 2. The molecule has 0 aliphatic carbocycles. The Kier molecular flexibility index (Phi) is 11.0. The molecule has 3 aromatic heterocycles.